The van der Waals surface area contributed by atoms with Crippen molar-refractivity contribution in [1.82, 2.24) is 9.88 Å². The van der Waals surface area contributed by atoms with Gasteiger partial charge in [0.25, 0.3) is 12.3 Å². The number of ether oxygens (including phenoxy) is 1. The van der Waals surface area contributed by atoms with E-state index in [-0.39, 0.29) is 30.6 Å². The number of aromatic nitrogens is 1. The lowest BCUT2D eigenvalue weighted by atomic mass is 10.2. The van der Waals surface area contributed by atoms with Gasteiger partial charge in [-0.15, -0.1) is 0 Å². The fourth-order valence-electron chi connectivity index (χ4n) is 2.04. The summed E-state index contributed by atoms with van der Waals surface area (Å²) < 4.78 is 57.5. The number of rotatable bonds is 4. The van der Waals surface area contributed by atoms with Crippen LogP contribution in [0.3, 0.4) is 0 Å². The topological polar surface area (TPSA) is 25.4 Å². The van der Waals surface area contributed by atoms with Gasteiger partial charge in [0.15, 0.2) is 6.10 Å². The van der Waals surface area contributed by atoms with Crippen LogP contribution in [0.2, 0.25) is 0 Å². The van der Waals surface area contributed by atoms with Crippen molar-refractivity contribution in [2.75, 3.05) is 13.1 Å². The first kappa shape index (κ1) is 15.0. The Balaban J connectivity index is 2.05. The van der Waals surface area contributed by atoms with E-state index in [9.17, 15) is 17.6 Å². The molecule has 0 N–H and O–H groups in total. The smallest absolute Gasteiger partial charge is 0.297 e. The molecule has 1 aliphatic rings. The normalized spacial score (nSPS) is 22.7. The van der Waals surface area contributed by atoms with Gasteiger partial charge in [0.2, 0.25) is 5.88 Å². The highest BCUT2D eigenvalue weighted by molar-refractivity contribution is 5.19. The molecule has 0 radical (unpaired) electrons. The molecule has 20 heavy (non-hydrogen) atoms. The molecular formula is C13H16F4N2O. The highest BCUT2D eigenvalue weighted by Gasteiger charge is 2.50. The Labute approximate surface area is 114 Å². The van der Waals surface area contributed by atoms with Crippen LogP contribution in [0.5, 0.6) is 5.88 Å². The van der Waals surface area contributed by atoms with Crippen LogP contribution in [0.1, 0.15) is 25.8 Å². The van der Waals surface area contributed by atoms with Crippen LogP contribution in [-0.2, 0) is 0 Å². The first-order valence-electron chi connectivity index (χ1n) is 6.32. The second-order valence-electron chi connectivity index (χ2n) is 5.12. The first-order chi connectivity index (χ1) is 9.29. The molecule has 1 aromatic heterocycles. The quantitative estimate of drug-likeness (QED) is 0.797. The SMILES string of the molecule is CC(C)N1CC(Oc2ccc(C(F)F)cn2)C(F)(F)C1. The van der Waals surface area contributed by atoms with Crippen molar-refractivity contribution < 1.29 is 22.3 Å². The molecule has 1 saturated heterocycles. The van der Waals surface area contributed by atoms with E-state index in [2.05, 4.69) is 4.98 Å². The van der Waals surface area contributed by atoms with Crippen molar-refractivity contribution in [3.63, 3.8) is 0 Å². The second kappa shape index (κ2) is 5.55. The number of pyridine rings is 1. The third-order valence-electron chi connectivity index (χ3n) is 3.29. The van der Waals surface area contributed by atoms with E-state index in [0.29, 0.717) is 0 Å². The third kappa shape index (κ3) is 3.20. The minimum Gasteiger partial charge on any atom is -0.466 e. The van der Waals surface area contributed by atoms with Gasteiger partial charge in [-0.25, -0.2) is 22.5 Å². The number of nitrogens with zero attached hydrogens (tertiary/aromatic N) is 2. The zero-order chi connectivity index (χ0) is 14.9. The lowest BCUT2D eigenvalue weighted by molar-refractivity contribution is -0.0638. The second-order valence-corrected chi connectivity index (χ2v) is 5.12. The van der Waals surface area contributed by atoms with E-state index in [1.807, 2.05) is 13.8 Å². The van der Waals surface area contributed by atoms with Gasteiger partial charge >= 0.3 is 0 Å². The summed E-state index contributed by atoms with van der Waals surface area (Å²) in [5.74, 6) is -3.04. The van der Waals surface area contributed by atoms with E-state index in [1.54, 1.807) is 4.90 Å². The van der Waals surface area contributed by atoms with Gasteiger partial charge < -0.3 is 4.74 Å². The molecule has 2 rings (SSSR count). The van der Waals surface area contributed by atoms with Gasteiger partial charge in [-0.05, 0) is 19.9 Å². The van der Waals surface area contributed by atoms with E-state index in [0.717, 1.165) is 12.3 Å². The number of hydrogen-bond acceptors (Lipinski definition) is 3. The van der Waals surface area contributed by atoms with Crippen molar-refractivity contribution in [3.8, 4) is 5.88 Å². The summed E-state index contributed by atoms with van der Waals surface area (Å²) >= 11 is 0. The Morgan fingerprint density at radius 2 is 2.05 bits per heavy atom. The fourth-order valence-corrected chi connectivity index (χ4v) is 2.04. The van der Waals surface area contributed by atoms with Crippen molar-refractivity contribution in [1.29, 1.82) is 0 Å². The molecule has 0 aliphatic carbocycles. The van der Waals surface area contributed by atoms with Crippen molar-refractivity contribution in [3.05, 3.63) is 23.9 Å². The zero-order valence-electron chi connectivity index (χ0n) is 11.2. The molecule has 0 bridgehead atoms. The van der Waals surface area contributed by atoms with Gasteiger partial charge in [-0.2, -0.15) is 0 Å². The molecule has 3 nitrogen and oxygen atoms in total. The molecule has 7 heteroatoms. The maximum atomic E-state index is 13.8. The summed E-state index contributed by atoms with van der Waals surface area (Å²) in [5.41, 5.74) is -0.265. The van der Waals surface area contributed by atoms with Crippen LogP contribution < -0.4 is 4.74 Å². The highest BCUT2D eigenvalue weighted by atomic mass is 19.3. The van der Waals surface area contributed by atoms with E-state index in [4.69, 9.17) is 4.74 Å². The van der Waals surface area contributed by atoms with Crippen LogP contribution in [-0.4, -0.2) is 41.0 Å². The number of hydrogen-bond donors (Lipinski definition) is 0. The summed E-state index contributed by atoms with van der Waals surface area (Å²) in [4.78, 5) is 5.25. The predicted molar refractivity (Wildman–Crippen MR) is 65.3 cm³/mol. The lowest BCUT2D eigenvalue weighted by Crippen LogP contribution is -2.36. The summed E-state index contributed by atoms with van der Waals surface area (Å²) in [6, 6.07) is 2.30. The summed E-state index contributed by atoms with van der Waals surface area (Å²) in [6.07, 6.45) is -3.01. The Morgan fingerprint density at radius 1 is 1.35 bits per heavy atom. The molecule has 1 unspecified atom stereocenters. The third-order valence-corrected chi connectivity index (χ3v) is 3.29. The van der Waals surface area contributed by atoms with Gasteiger partial charge in [0.05, 0.1) is 6.54 Å². The van der Waals surface area contributed by atoms with Crippen LogP contribution in [0.25, 0.3) is 0 Å². The summed E-state index contributed by atoms with van der Waals surface area (Å²) in [6.45, 7) is 3.37. The molecule has 112 valence electrons. The van der Waals surface area contributed by atoms with E-state index in [1.165, 1.54) is 6.07 Å². The molecule has 1 aliphatic heterocycles. The van der Waals surface area contributed by atoms with Gasteiger partial charge in [-0.3, -0.25) is 4.90 Å². The predicted octanol–water partition coefficient (Wildman–Crippen LogP) is 3.13. The molecule has 1 aromatic rings. The van der Waals surface area contributed by atoms with Crippen molar-refractivity contribution >= 4 is 0 Å². The van der Waals surface area contributed by atoms with Gasteiger partial charge in [0.1, 0.15) is 0 Å². The van der Waals surface area contributed by atoms with Gasteiger partial charge in [0, 0.05) is 30.4 Å². The molecule has 1 fully saturated rings. The monoisotopic (exact) mass is 292 g/mol. The zero-order valence-corrected chi connectivity index (χ0v) is 11.2. The van der Waals surface area contributed by atoms with Crippen LogP contribution in [0.4, 0.5) is 17.6 Å². The Kier molecular flexibility index (Phi) is 4.17. The number of halogens is 4. The first-order valence-corrected chi connectivity index (χ1v) is 6.32. The van der Waals surface area contributed by atoms with Crippen molar-refractivity contribution in [2.45, 2.75) is 38.3 Å². The summed E-state index contributed by atoms with van der Waals surface area (Å²) in [5, 5.41) is 0. The average molecular weight is 292 g/mol. The summed E-state index contributed by atoms with van der Waals surface area (Å²) in [7, 11) is 0. The van der Waals surface area contributed by atoms with Crippen LogP contribution in [0, 0.1) is 0 Å². The fraction of sp³-hybridized carbons (Fsp3) is 0.615. The molecule has 0 amide bonds. The minimum absolute atomic E-state index is 0.0105. The standard InChI is InChI=1S/C13H16F4N2O/c1-8(2)19-6-10(13(16,17)7-19)20-11-4-3-9(5-18-11)12(14)15/h3-5,8,10,12H,6-7H2,1-2H3. The number of likely N-dealkylation sites (tertiary alicyclic amines) is 1. The molecule has 0 saturated carbocycles. The van der Waals surface area contributed by atoms with Crippen molar-refractivity contribution in [2.24, 2.45) is 0 Å². The van der Waals surface area contributed by atoms with Gasteiger partial charge in [-0.1, -0.05) is 0 Å². The van der Waals surface area contributed by atoms with Crippen LogP contribution in [0.15, 0.2) is 18.3 Å². The van der Waals surface area contributed by atoms with E-state index >= 15 is 0 Å². The number of alkyl halides is 4. The lowest BCUT2D eigenvalue weighted by Gasteiger charge is -2.19. The molecule has 2 heterocycles. The Bertz CT molecular complexity index is 450. The largest absolute Gasteiger partial charge is 0.466 e. The molecule has 1 atom stereocenters. The minimum atomic E-state index is -2.98. The Hall–Kier alpha value is -1.37. The molecule has 0 spiro atoms. The Morgan fingerprint density at radius 3 is 2.50 bits per heavy atom. The maximum absolute atomic E-state index is 13.8. The molecule has 0 aromatic carbocycles. The molecular weight excluding hydrogens is 276 g/mol. The van der Waals surface area contributed by atoms with E-state index < -0.39 is 18.5 Å². The maximum Gasteiger partial charge on any atom is 0.297 e. The average Bonchev–Trinajstić information content (AvgIpc) is 2.66. The highest BCUT2D eigenvalue weighted by Crippen LogP contribution is 2.32. The van der Waals surface area contributed by atoms with Crippen LogP contribution >= 0.6 is 0 Å².